The first-order valence-corrected chi connectivity index (χ1v) is 12.1. The Kier molecular flexibility index (Phi) is 5.08. The van der Waals surface area contributed by atoms with Crippen molar-refractivity contribution in [3.05, 3.63) is 93.9 Å². The van der Waals surface area contributed by atoms with Gasteiger partial charge in [0.25, 0.3) is 11.8 Å². The first kappa shape index (κ1) is 20.9. The van der Waals surface area contributed by atoms with E-state index in [1.54, 1.807) is 11.3 Å². The number of carbonyl (C=O) groups excluding carboxylic acids is 2. The Morgan fingerprint density at radius 3 is 2.68 bits per heavy atom. The standard InChI is InChI=1S/C27H23N3O3S/c1-15-6-2-3-7-18(15)25-24-20(26(31)30-25)10-16(28-17-12-33-13-17)11-22(24)29-27(32)21-14-34-23-9-5-4-8-19(21)23/h2-11,14,17,25,28H,12-13H2,1H3,(H,29,32)(H,30,31). The van der Waals surface area contributed by atoms with E-state index >= 15 is 0 Å². The monoisotopic (exact) mass is 469 g/mol. The molecule has 2 amide bonds. The van der Waals surface area contributed by atoms with Gasteiger partial charge in [-0.3, -0.25) is 9.59 Å². The quantitative estimate of drug-likeness (QED) is 0.380. The van der Waals surface area contributed by atoms with Crippen molar-refractivity contribution >= 4 is 44.6 Å². The molecule has 3 aromatic carbocycles. The van der Waals surface area contributed by atoms with Gasteiger partial charge in [0.2, 0.25) is 0 Å². The van der Waals surface area contributed by atoms with E-state index < -0.39 is 0 Å². The van der Waals surface area contributed by atoms with Crippen LogP contribution in [-0.2, 0) is 4.74 Å². The molecule has 34 heavy (non-hydrogen) atoms. The molecule has 0 spiro atoms. The zero-order chi connectivity index (χ0) is 23.2. The van der Waals surface area contributed by atoms with Crippen LogP contribution in [0.3, 0.4) is 0 Å². The van der Waals surface area contributed by atoms with Crippen molar-refractivity contribution < 1.29 is 14.3 Å². The first-order chi connectivity index (χ1) is 16.6. The normalized spacial score (nSPS) is 17.2. The number of hydrogen-bond acceptors (Lipinski definition) is 5. The van der Waals surface area contributed by atoms with Gasteiger partial charge in [0, 0.05) is 38.0 Å². The maximum absolute atomic E-state index is 13.4. The van der Waals surface area contributed by atoms with E-state index in [2.05, 4.69) is 16.0 Å². The third kappa shape index (κ3) is 3.54. The second-order valence-electron chi connectivity index (χ2n) is 8.73. The maximum Gasteiger partial charge on any atom is 0.257 e. The number of amides is 2. The fourth-order valence-corrected chi connectivity index (χ4v) is 5.60. The molecule has 4 aromatic rings. The molecule has 1 atom stereocenters. The van der Waals surface area contributed by atoms with Crippen LogP contribution in [0.25, 0.3) is 10.1 Å². The van der Waals surface area contributed by atoms with Crippen molar-refractivity contribution in [2.24, 2.45) is 0 Å². The fourth-order valence-electron chi connectivity index (χ4n) is 4.66. The number of carbonyl (C=O) groups is 2. The summed E-state index contributed by atoms with van der Waals surface area (Å²) in [5.41, 5.74) is 5.51. The number of anilines is 2. The molecule has 2 aliphatic rings. The fraction of sp³-hybridized carbons (Fsp3) is 0.185. The summed E-state index contributed by atoms with van der Waals surface area (Å²) < 4.78 is 6.35. The number of ether oxygens (including phenoxy) is 1. The second-order valence-corrected chi connectivity index (χ2v) is 9.64. The van der Waals surface area contributed by atoms with Gasteiger partial charge < -0.3 is 20.7 Å². The highest BCUT2D eigenvalue weighted by molar-refractivity contribution is 7.17. The molecular weight excluding hydrogens is 446 g/mol. The highest BCUT2D eigenvalue weighted by Crippen LogP contribution is 2.40. The van der Waals surface area contributed by atoms with Crippen LogP contribution in [0.5, 0.6) is 0 Å². The molecule has 7 heteroatoms. The second kappa shape index (κ2) is 8.27. The largest absolute Gasteiger partial charge is 0.378 e. The van der Waals surface area contributed by atoms with Crippen molar-refractivity contribution in [1.29, 1.82) is 0 Å². The Morgan fingerprint density at radius 2 is 1.88 bits per heavy atom. The molecule has 6 nitrogen and oxygen atoms in total. The number of benzene rings is 3. The SMILES string of the molecule is Cc1ccccc1C1NC(=O)c2cc(NC3COC3)cc(NC(=O)c3csc4ccccc34)c21. The topological polar surface area (TPSA) is 79.5 Å². The summed E-state index contributed by atoms with van der Waals surface area (Å²) >= 11 is 1.55. The number of hydrogen-bond donors (Lipinski definition) is 3. The molecule has 1 saturated heterocycles. The van der Waals surface area contributed by atoms with Crippen LogP contribution < -0.4 is 16.0 Å². The minimum Gasteiger partial charge on any atom is -0.378 e. The van der Waals surface area contributed by atoms with Gasteiger partial charge in [-0.1, -0.05) is 42.5 Å². The lowest BCUT2D eigenvalue weighted by molar-refractivity contribution is 0.0211. The summed E-state index contributed by atoms with van der Waals surface area (Å²) in [6.07, 6.45) is 0. The molecule has 3 N–H and O–H groups in total. The van der Waals surface area contributed by atoms with Crippen LogP contribution in [0.4, 0.5) is 11.4 Å². The Labute approximate surface area is 200 Å². The third-order valence-electron chi connectivity index (χ3n) is 6.47. The van der Waals surface area contributed by atoms with E-state index in [0.717, 1.165) is 32.5 Å². The van der Waals surface area contributed by atoms with Gasteiger partial charge in [0.05, 0.1) is 30.9 Å². The Balaban J connectivity index is 1.44. The minimum atomic E-state index is -0.334. The van der Waals surface area contributed by atoms with Crippen LogP contribution in [-0.4, -0.2) is 31.1 Å². The smallest absolute Gasteiger partial charge is 0.257 e. The average molecular weight is 470 g/mol. The lowest BCUT2D eigenvalue weighted by Gasteiger charge is -2.28. The molecular formula is C27H23N3O3S. The van der Waals surface area contributed by atoms with Crippen molar-refractivity contribution in [1.82, 2.24) is 5.32 Å². The van der Waals surface area contributed by atoms with E-state index in [0.29, 0.717) is 30.0 Å². The molecule has 0 radical (unpaired) electrons. The summed E-state index contributed by atoms with van der Waals surface area (Å²) in [6, 6.07) is 19.5. The van der Waals surface area contributed by atoms with Gasteiger partial charge in [0.1, 0.15) is 0 Å². The number of aryl methyl sites for hydroxylation is 1. The number of fused-ring (bicyclic) bond motifs is 2. The van der Waals surface area contributed by atoms with Gasteiger partial charge in [-0.15, -0.1) is 11.3 Å². The number of rotatable bonds is 5. The van der Waals surface area contributed by atoms with Gasteiger partial charge >= 0.3 is 0 Å². The summed E-state index contributed by atoms with van der Waals surface area (Å²) in [7, 11) is 0. The molecule has 0 bridgehead atoms. The summed E-state index contributed by atoms with van der Waals surface area (Å²) in [5.74, 6) is -0.333. The van der Waals surface area contributed by atoms with Crippen molar-refractivity contribution in [3.8, 4) is 0 Å². The van der Waals surface area contributed by atoms with Crippen LogP contribution >= 0.6 is 11.3 Å². The van der Waals surface area contributed by atoms with Crippen molar-refractivity contribution in [2.75, 3.05) is 23.8 Å². The molecule has 1 unspecified atom stereocenters. The van der Waals surface area contributed by atoms with E-state index in [-0.39, 0.29) is 23.9 Å². The molecule has 0 aliphatic carbocycles. The molecule has 6 rings (SSSR count). The number of thiophene rings is 1. The van der Waals surface area contributed by atoms with Crippen molar-refractivity contribution in [3.63, 3.8) is 0 Å². The van der Waals surface area contributed by atoms with Crippen molar-refractivity contribution in [2.45, 2.75) is 19.0 Å². The molecule has 3 heterocycles. The Hall–Kier alpha value is -3.68. The molecule has 1 aromatic heterocycles. The predicted octanol–water partition coefficient (Wildman–Crippen LogP) is 5.11. The summed E-state index contributed by atoms with van der Waals surface area (Å²) in [6.45, 7) is 3.27. The minimum absolute atomic E-state index is 0.145. The predicted molar refractivity (Wildman–Crippen MR) is 135 cm³/mol. The van der Waals surface area contributed by atoms with Crippen LogP contribution in [0.1, 0.15) is 43.4 Å². The van der Waals surface area contributed by atoms with Gasteiger partial charge in [-0.25, -0.2) is 0 Å². The third-order valence-corrected chi connectivity index (χ3v) is 7.43. The number of nitrogens with one attached hydrogen (secondary N) is 3. The average Bonchev–Trinajstić information content (AvgIpc) is 3.38. The molecule has 0 saturated carbocycles. The van der Waals surface area contributed by atoms with E-state index in [1.807, 2.05) is 73.0 Å². The highest BCUT2D eigenvalue weighted by Gasteiger charge is 2.34. The van der Waals surface area contributed by atoms with Crippen LogP contribution in [0.15, 0.2) is 66.0 Å². The summed E-state index contributed by atoms with van der Waals surface area (Å²) in [4.78, 5) is 26.5. The Bertz CT molecular complexity index is 1440. The lowest BCUT2D eigenvalue weighted by atomic mass is 9.93. The zero-order valence-corrected chi connectivity index (χ0v) is 19.4. The first-order valence-electron chi connectivity index (χ1n) is 11.2. The highest BCUT2D eigenvalue weighted by atomic mass is 32.1. The van der Waals surface area contributed by atoms with Gasteiger partial charge in [-0.2, -0.15) is 0 Å². The molecule has 2 aliphatic heterocycles. The van der Waals surface area contributed by atoms with Crippen LogP contribution in [0.2, 0.25) is 0 Å². The maximum atomic E-state index is 13.4. The van der Waals surface area contributed by atoms with Crippen LogP contribution in [0, 0.1) is 6.92 Å². The Morgan fingerprint density at radius 1 is 1.09 bits per heavy atom. The van der Waals surface area contributed by atoms with Gasteiger partial charge in [-0.05, 0) is 36.2 Å². The molecule has 170 valence electrons. The zero-order valence-electron chi connectivity index (χ0n) is 18.6. The molecule has 1 fully saturated rings. The van der Waals surface area contributed by atoms with E-state index in [9.17, 15) is 9.59 Å². The van der Waals surface area contributed by atoms with E-state index in [1.165, 1.54) is 0 Å². The van der Waals surface area contributed by atoms with E-state index in [4.69, 9.17) is 4.74 Å². The summed E-state index contributed by atoms with van der Waals surface area (Å²) in [5, 5.41) is 12.5. The van der Waals surface area contributed by atoms with Gasteiger partial charge in [0.15, 0.2) is 0 Å². The lowest BCUT2D eigenvalue weighted by Crippen LogP contribution is -2.40.